The van der Waals surface area contributed by atoms with Crippen LogP contribution < -0.4 is 10.1 Å². The van der Waals surface area contributed by atoms with Crippen LogP contribution in [0, 0.1) is 5.82 Å². The number of carbonyl (C=O) groups is 1. The Morgan fingerprint density at radius 1 is 1.27 bits per heavy atom. The van der Waals surface area contributed by atoms with Crippen molar-refractivity contribution in [2.75, 3.05) is 18.2 Å². The average Bonchev–Trinajstić information content (AvgIpc) is 3.17. The van der Waals surface area contributed by atoms with E-state index in [9.17, 15) is 9.18 Å². The van der Waals surface area contributed by atoms with Gasteiger partial charge in [0.05, 0.1) is 7.11 Å². The first-order valence-corrected chi connectivity index (χ1v) is 9.00. The lowest BCUT2D eigenvalue weighted by Crippen LogP contribution is -2.12. The Labute approximate surface area is 155 Å². The maximum absolute atomic E-state index is 14.2. The molecule has 26 heavy (non-hydrogen) atoms. The lowest BCUT2D eigenvalue weighted by atomic mass is 10.2. The van der Waals surface area contributed by atoms with Crippen LogP contribution in [0.25, 0.3) is 5.69 Å². The average molecular weight is 371 g/mol. The van der Waals surface area contributed by atoms with Crippen LogP contribution in [0.3, 0.4) is 0 Å². The highest BCUT2D eigenvalue weighted by molar-refractivity contribution is 7.99. The van der Waals surface area contributed by atoms with Gasteiger partial charge in [-0.3, -0.25) is 4.79 Å². The Balaban J connectivity index is 1.50. The van der Waals surface area contributed by atoms with Gasteiger partial charge in [-0.2, -0.15) is 5.10 Å². The Morgan fingerprint density at radius 3 is 2.73 bits per heavy atom. The maximum Gasteiger partial charge on any atom is 0.225 e. The van der Waals surface area contributed by atoms with Crippen molar-refractivity contribution in [3.8, 4) is 11.4 Å². The Morgan fingerprint density at radius 2 is 2.08 bits per heavy atom. The molecule has 1 heterocycles. The summed E-state index contributed by atoms with van der Waals surface area (Å²) in [7, 11) is 1.62. The van der Waals surface area contributed by atoms with Crippen LogP contribution in [0.1, 0.15) is 6.42 Å². The molecule has 1 aromatic heterocycles. The molecule has 1 amide bonds. The Hall–Kier alpha value is -2.80. The van der Waals surface area contributed by atoms with E-state index in [1.807, 2.05) is 24.3 Å². The van der Waals surface area contributed by atoms with E-state index in [1.165, 1.54) is 10.7 Å². The second-order valence-electron chi connectivity index (χ2n) is 5.44. The smallest absolute Gasteiger partial charge is 0.225 e. The molecule has 2 aromatic carbocycles. The zero-order valence-electron chi connectivity index (χ0n) is 14.2. The number of aromatic nitrogens is 2. The summed E-state index contributed by atoms with van der Waals surface area (Å²) in [6.45, 7) is 0. The van der Waals surface area contributed by atoms with Gasteiger partial charge in [0.2, 0.25) is 5.91 Å². The van der Waals surface area contributed by atoms with Crippen molar-refractivity contribution < 1.29 is 13.9 Å². The Bertz CT molecular complexity index is 867. The van der Waals surface area contributed by atoms with Crippen LogP contribution in [0.5, 0.6) is 5.75 Å². The molecule has 1 N–H and O–H groups in total. The van der Waals surface area contributed by atoms with E-state index >= 15 is 0 Å². The largest absolute Gasteiger partial charge is 0.497 e. The lowest BCUT2D eigenvalue weighted by Gasteiger charge is -2.08. The molecule has 0 fully saturated rings. The first-order chi connectivity index (χ1) is 12.7. The van der Waals surface area contributed by atoms with Crippen molar-refractivity contribution in [3.63, 3.8) is 0 Å². The molecule has 0 saturated heterocycles. The van der Waals surface area contributed by atoms with Crippen LogP contribution >= 0.6 is 11.8 Å². The molecule has 3 aromatic rings. The van der Waals surface area contributed by atoms with E-state index in [1.54, 1.807) is 49.5 Å². The van der Waals surface area contributed by atoms with Gasteiger partial charge in [0.1, 0.15) is 11.4 Å². The number of amides is 1. The number of carbonyl (C=O) groups excluding carboxylic acids is 1. The molecule has 134 valence electrons. The molecule has 0 aliphatic carbocycles. The maximum atomic E-state index is 14.2. The summed E-state index contributed by atoms with van der Waals surface area (Å²) in [6.07, 6.45) is 3.57. The predicted octanol–water partition coefficient (Wildman–Crippen LogP) is 4.14. The van der Waals surface area contributed by atoms with Gasteiger partial charge in [0, 0.05) is 35.2 Å². The third kappa shape index (κ3) is 4.64. The summed E-state index contributed by atoms with van der Waals surface area (Å²) in [5, 5.41) is 6.71. The van der Waals surface area contributed by atoms with Crippen molar-refractivity contribution in [1.82, 2.24) is 9.78 Å². The molecule has 0 radical (unpaired) electrons. The third-order valence-corrected chi connectivity index (χ3v) is 4.65. The number of thioether (sulfide) groups is 1. The predicted molar refractivity (Wildman–Crippen MR) is 100 cm³/mol. The highest BCUT2D eigenvalue weighted by Gasteiger charge is 2.08. The monoisotopic (exact) mass is 371 g/mol. The van der Waals surface area contributed by atoms with E-state index < -0.39 is 5.82 Å². The zero-order chi connectivity index (χ0) is 18.4. The standard InChI is InChI=1S/C19H18FN3O2S/c1-25-15-4-6-16(7-5-15)26-12-9-19(24)22-14-3-8-18(17(20)13-14)23-11-2-10-21-23/h2-8,10-11,13H,9,12H2,1H3,(H,22,24). The van der Waals surface area contributed by atoms with Gasteiger partial charge in [-0.1, -0.05) is 0 Å². The van der Waals surface area contributed by atoms with Crippen LogP contribution in [-0.4, -0.2) is 28.6 Å². The van der Waals surface area contributed by atoms with Crippen molar-refractivity contribution >= 4 is 23.4 Å². The first-order valence-electron chi connectivity index (χ1n) is 8.02. The minimum absolute atomic E-state index is 0.155. The van der Waals surface area contributed by atoms with E-state index in [-0.39, 0.29) is 5.91 Å². The molecule has 3 rings (SSSR count). The zero-order valence-corrected chi connectivity index (χ0v) is 15.0. The van der Waals surface area contributed by atoms with Crippen molar-refractivity contribution in [1.29, 1.82) is 0 Å². The van der Waals surface area contributed by atoms with E-state index in [4.69, 9.17) is 4.74 Å². The van der Waals surface area contributed by atoms with Crippen LogP contribution in [0.4, 0.5) is 10.1 Å². The van der Waals surface area contributed by atoms with Gasteiger partial charge in [-0.05, 0) is 48.5 Å². The van der Waals surface area contributed by atoms with Gasteiger partial charge in [0.25, 0.3) is 0 Å². The second-order valence-corrected chi connectivity index (χ2v) is 6.61. The molecule has 0 saturated carbocycles. The number of nitrogens with one attached hydrogen (secondary N) is 1. The molecule has 0 atom stereocenters. The minimum atomic E-state index is -0.445. The summed E-state index contributed by atoms with van der Waals surface area (Å²) in [6, 6.07) is 13.9. The van der Waals surface area contributed by atoms with Crippen molar-refractivity contribution in [2.45, 2.75) is 11.3 Å². The number of hydrogen-bond donors (Lipinski definition) is 1. The topological polar surface area (TPSA) is 56.1 Å². The summed E-state index contributed by atoms with van der Waals surface area (Å²) < 4.78 is 20.7. The van der Waals surface area contributed by atoms with E-state index in [2.05, 4.69) is 10.4 Å². The second kappa shape index (κ2) is 8.53. The van der Waals surface area contributed by atoms with E-state index in [0.717, 1.165) is 10.6 Å². The highest BCUT2D eigenvalue weighted by Crippen LogP contribution is 2.22. The normalized spacial score (nSPS) is 10.5. The number of nitrogens with zero attached hydrogens (tertiary/aromatic N) is 2. The minimum Gasteiger partial charge on any atom is -0.497 e. The summed E-state index contributed by atoms with van der Waals surface area (Å²) in [4.78, 5) is 13.1. The number of anilines is 1. The quantitative estimate of drug-likeness (QED) is 0.634. The summed E-state index contributed by atoms with van der Waals surface area (Å²) in [5.74, 6) is 0.829. The molecule has 0 aliphatic heterocycles. The SMILES string of the molecule is COc1ccc(SCCC(=O)Nc2ccc(-n3cccn3)c(F)c2)cc1. The molecule has 0 spiro atoms. The first kappa shape index (κ1) is 18.0. The van der Waals surface area contributed by atoms with E-state index in [0.29, 0.717) is 23.5 Å². The van der Waals surface area contributed by atoms with Crippen molar-refractivity contribution in [2.24, 2.45) is 0 Å². The fourth-order valence-electron chi connectivity index (χ4n) is 2.34. The molecular weight excluding hydrogens is 353 g/mol. The van der Waals surface area contributed by atoms with Crippen LogP contribution in [0.15, 0.2) is 65.8 Å². The van der Waals surface area contributed by atoms with Gasteiger partial charge in [0.15, 0.2) is 5.82 Å². The number of rotatable bonds is 7. The molecule has 7 heteroatoms. The number of methoxy groups -OCH3 is 1. The molecule has 0 aliphatic rings. The number of ether oxygens (including phenoxy) is 1. The highest BCUT2D eigenvalue weighted by atomic mass is 32.2. The van der Waals surface area contributed by atoms with Gasteiger partial charge >= 0.3 is 0 Å². The molecule has 0 bridgehead atoms. The molecular formula is C19H18FN3O2S. The van der Waals surface area contributed by atoms with Gasteiger partial charge < -0.3 is 10.1 Å². The fraction of sp³-hybridized carbons (Fsp3) is 0.158. The molecule has 5 nitrogen and oxygen atoms in total. The third-order valence-electron chi connectivity index (χ3n) is 3.64. The van der Waals surface area contributed by atoms with Gasteiger partial charge in [-0.25, -0.2) is 9.07 Å². The lowest BCUT2D eigenvalue weighted by molar-refractivity contribution is -0.115. The van der Waals surface area contributed by atoms with Gasteiger partial charge in [-0.15, -0.1) is 11.8 Å². The fourth-order valence-corrected chi connectivity index (χ4v) is 3.19. The Kier molecular flexibility index (Phi) is 5.91. The summed E-state index contributed by atoms with van der Waals surface area (Å²) in [5.41, 5.74) is 0.765. The summed E-state index contributed by atoms with van der Waals surface area (Å²) >= 11 is 1.58. The molecule has 0 unspecified atom stereocenters. The van der Waals surface area contributed by atoms with Crippen molar-refractivity contribution in [3.05, 3.63) is 66.7 Å². The van der Waals surface area contributed by atoms with Crippen LogP contribution in [-0.2, 0) is 4.79 Å². The number of benzene rings is 2. The number of hydrogen-bond acceptors (Lipinski definition) is 4. The van der Waals surface area contributed by atoms with Crippen LogP contribution in [0.2, 0.25) is 0 Å². The number of halogens is 1.